The molecule has 0 aliphatic carbocycles. The highest BCUT2D eigenvalue weighted by atomic mass is 35.5. The summed E-state index contributed by atoms with van der Waals surface area (Å²) in [6.45, 7) is 5.05. The van der Waals surface area contributed by atoms with Gasteiger partial charge in [-0.2, -0.15) is 5.10 Å². The molecule has 0 atom stereocenters. The average molecular weight is 385 g/mol. The first-order valence-corrected chi connectivity index (χ1v) is 9.06. The molecule has 1 heterocycles. The number of hydrogen-bond acceptors (Lipinski definition) is 5. The van der Waals surface area contributed by atoms with Crippen molar-refractivity contribution < 1.29 is 9.47 Å². The number of hydrogen-bond donors (Lipinski definition) is 0. The maximum Gasteiger partial charge on any atom is 0.141 e. The molecule has 0 radical (unpaired) electrons. The van der Waals surface area contributed by atoms with Crippen LogP contribution in [0.5, 0.6) is 11.5 Å². The van der Waals surface area contributed by atoms with E-state index in [0.717, 1.165) is 17.7 Å². The third-order valence-corrected chi connectivity index (χ3v) is 4.07. The van der Waals surface area contributed by atoms with Crippen molar-refractivity contribution in [1.29, 1.82) is 0 Å². The van der Waals surface area contributed by atoms with Crippen molar-refractivity contribution in [2.24, 2.45) is 5.10 Å². The van der Waals surface area contributed by atoms with Gasteiger partial charge in [-0.15, -0.1) is 10.2 Å². The van der Waals surface area contributed by atoms with Crippen molar-refractivity contribution in [3.05, 3.63) is 70.8 Å². The van der Waals surface area contributed by atoms with Crippen LogP contribution in [0.2, 0.25) is 5.02 Å². The number of halogens is 1. The van der Waals surface area contributed by atoms with Crippen molar-refractivity contribution >= 4 is 17.8 Å². The molecule has 0 spiro atoms. The topological polar surface area (TPSA) is 61.5 Å². The van der Waals surface area contributed by atoms with Crippen LogP contribution in [0.1, 0.15) is 23.6 Å². The van der Waals surface area contributed by atoms with E-state index in [2.05, 4.69) is 41.3 Å². The van der Waals surface area contributed by atoms with E-state index in [1.807, 2.05) is 12.1 Å². The molecule has 1 aromatic heterocycles. The summed E-state index contributed by atoms with van der Waals surface area (Å²) in [5.41, 5.74) is 3.21. The van der Waals surface area contributed by atoms with Crippen molar-refractivity contribution in [1.82, 2.24) is 14.9 Å². The molecule has 140 valence electrons. The Kier molecular flexibility index (Phi) is 6.44. The van der Waals surface area contributed by atoms with Crippen LogP contribution in [0.3, 0.4) is 0 Å². The molecule has 0 aliphatic heterocycles. The Morgan fingerprint density at radius 1 is 1.07 bits per heavy atom. The maximum absolute atomic E-state index is 6.09. The zero-order chi connectivity index (χ0) is 19.1. The third kappa shape index (κ3) is 5.56. The van der Waals surface area contributed by atoms with E-state index in [1.54, 1.807) is 18.3 Å². The minimum Gasteiger partial charge on any atom is -0.490 e. The second kappa shape index (κ2) is 9.19. The zero-order valence-electron chi connectivity index (χ0n) is 15.3. The Balaban J connectivity index is 1.60. The zero-order valence-corrected chi connectivity index (χ0v) is 16.1. The highest BCUT2D eigenvalue weighted by Crippen LogP contribution is 2.22. The van der Waals surface area contributed by atoms with Gasteiger partial charge in [0.15, 0.2) is 0 Å². The summed E-state index contributed by atoms with van der Waals surface area (Å²) in [7, 11) is 0. The number of rotatable bonds is 8. The van der Waals surface area contributed by atoms with Crippen molar-refractivity contribution in [2.45, 2.75) is 20.3 Å². The molecule has 0 saturated carbocycles. The van der Waals surface area contributed by atoms with Crippen molar-refractivity contribution in [3.63, 3.8) is 0 Å². The van der Waals surface area contributed by atoms with Crippen LogP contribution in [0.4, 0.5) is 0 Å². The number of ether oxygens (including phenoxy) is 2. The summed E-state index contributed by atoms with van der Waals surface area (Å²) >= 11 is 6.09. The smallest absolute Gasteiger partial charge is 0.141 e. The first kappa shape index (κ1) is 18.9. The molecule has 2 aromatic carbocycles. The van der Waals surface area contributed by atoms with E-state index in [9.17, 15) is 0 Å². The Labute approximate surface area is 163 Å². The summed E-state index contributed by atoms with van der Waals surface area (Å²) in [4.78, 5) is 0. The number of aryl methyl sites for hydroxylation is 2. The first-order chi connectivity index (χ1) is 13.1. The van der Waals surface area contributed by atoms with Gasteiger partial charge in [0, 0.05) is 10.6 Å². The maximum atomic E-state index is 6.09. The normalized spacial score (nSPS) is 11.1. The predicted molar refractivity (Wildman–Crippen MR) is 106 cm³/mol. The Hall–Kier alpha value is -2.86. The summed E-state index contributed by atoms with van der Waals surface area (Å²) in [5.74, 6) is 1.54. The van der Waals surface area contributed by atoms with Gasteiger partial charge in [-0.1, -0.05) is 24.6 Å². The van der Waals surface area contributed by atoms with Gasteiger partial charge in [0.1, 0.15) is 37.4 Å². The molecule has 0 unspecified atom stereocenters. The SMILES string of the molecule is CCc1cc(C)cc(OCCOc2ccc(Cl)cc2/C=N/n2cnnc2)c1. The molecule has 0 bridgehead atoms. The fraction of sp³-hybridized carbons (Fsp3) is 0.250. The van der Waals surface area contributed by atoms with E-state index in [0.29, 0.717) is 24.0 Å². The molecule has 3 aromatic rings. The Morgan fingerprint density at radius 2 is 1.85 bits per heavy atom. The van der Waals surface area contributed by atoms with Crippen LogP contribution >= 0.6 is 11.6 Å². The molecular weight excluding hydrogens is 364 g/mol. The minimum atomic E-state index is 0.407. The molecule has 0 amide bonds. The van der Waals surface area contributed by atoms with Gasteiger partial charge in [-0.25, -0.2) is 4.68 Å². The van der Waals surface area contributed by atoms with E-state index < -0.39 is 0 Å². The van der Waals surface area contributed by atoms with Crippen LogP contribution in [-0.4, -0.2) is 34.3 Å². The Bertz CT molecular complexity index is 910. The van der Waals surface area contributed by atoms with Gasteiger partial charge in [-0.05, 0) is 54.8 Å². The van der Waals surface area contributed by atoms with Gasteiger partial charge in [-0.3, -0.25) is 0 Å². The quantitative estimate of drug-likeness (QED) is 0.432. The second-order valence-corrected chi connectivity index (χ2v) is 6.41. The van der Waals surface area contributed by atoms with Gasteiger partial charge >= 0.3 is 0 Å². The number of benzene rings is 2. The third-order valence-electron chi connectivity index (χ3n) is 3.84. The number of nitrogens with zero attached hydrogens (tertiary/aromatic N) is 4. The highest BCUT2D eigenvalue weighted by Gasteiger charge is 2.04. The van der Waals surface area contributed by atoms with E-state index in [4.69, 9.17) is 21.1 Å². The monoisotopic (exact) mass is 384 g/mol. The molecule has 0 fully saturated rings. The van der Waals surface area contributed by atoms with Gasteiger partial charge in [0.25, 0.3) is 0 Å². The molecule has 0 aliphatic rings. The highest BCUT2D eigenvalue weighted by molar-refractivity contribution is 6.30. The Morgan fingerprint density at radius 3 is 2.63 bits per heavy atom. The minimum absolute atomic E-state index is 0.407. The molecule has 3 rings (SSSR count). The van der Waals surface area contributed by atoms with Gasteiger partial charge in [0.05, 0.1) is 6.21 Å². The molecular formula is C20H21ClN4O2. The van der Waals surface area contributed by atoms with Crippen LogP contribution in [-0.2, 0) is 6.42 Å². The molecule has 0 saturated heterocycles. The summed E-state index contributed by atoms with van der Waals surface area (Å²) in [5, 5.41) is 12.3. The summed E-state index contributed by atoms with van der Waals surface area (Å²) in [6, 6.07) is 11.6. The lowest BCUT2D eigenvalue weighted by molar-refractivity contribution is 0.217. The fourth-order valence-electron chi connectivity index (χ4n) is 2.56. The van der Waals surface area contributed by atoms with Crippen LogP contribution in [0.25, 0.3) is 0 Å². The average Bonchev–Trinajstić information content (AvgIpc) is 3.18. The van der Waals surface area contributed by atoms with Crippen LogP contribution in [0, 0.1) is 6.92 Å². The summed E-state index contributed by atoms with van der Waals surface area (Å²) in [6.07, 6.45) is 5.64. The first-order valence-electron chi connectivity index (χ1n) is 8.68. The lowest BCUT2D eigenvalue weighted by Crippen LogP contribution is -2.10. The van der Waals surface area contributed by atoms with Gasteiger partial charge < -0.3 is 9.47 Å². The van der Waals surface area contributed by atoms with E-state index in [-0.39, 0.29) is 0 Å². The molecule has 6 nitrogen and oxygen atoms in total. The summed E-state index contributed by atoms with van der Waals surface area (Å²) < 4.78 is 13.2. The van der Waals surface area contributed by atoms with Crippen molar-refractivity contribution in [2.75, 3.05) is 13.2 Å². The molecule has 0 N–H and O–H groups in total. The second-order valence-electron chi connectivity index (χ2n) is 5.97. The molecule has 7 heteroatoms. The standard InChI is InChI=1S/C20H21ClN4O2/c1-3-16-8-15(2)9-19(10-16)26-6-7-27-20-5-4-18(21)11-17(20)12-24-25-13-22-23-14-25/h4-5,8-14H,3,6-7H2,1-2H3/b24-12+. The van der Waals surface area contributed by atoms with E-state index in [1.165, 1.54) is 28.5 Å². The lowest BCUT2D eigenvalue weighted by Gasteiger charge is -2.12. The number of aromatic nitrogens is 3. The fourth-order valence-corrected chi connectivity index (χ4v) is 2.74. The van der Waals surface area contributed by atoms with Crippen LogP contribution < -0.4 is 9.47 Å². The largest absolute Gasteiger partial charge is 0.490 e. The van der Waals surface area contributed by atoms with Crippen LogP contribution in [0.15, 0.2) is 54.2 Å². The lowest BCUT2D eigenvalue weighted by atomic mass is 10.1. The predicted octanol–water partition coefficient (Wildman–Crippen LogP) is 4.14. The van der Waals surface area contributed by atoms with E-state index >= 15 is 0 Å². The van der Waals surface area contributed by atoms with Crippen molar-refractivity contribution in [3.8, 4) is 11.5 Å². The van der Waals surface area contributed by atoms with Gasteiger partial charge in [0.2, 0.25) is 0 Å². The molecule has 27 heavy (non-hydrogen) atoms.